The lowest BCUT2D eigenvalue weighted by atomic mass is 10.1. The van der Waals surface area contributed by atoms with Gasteiger partial charge in [-0.05, 0) is 76.6 Å². The van der Waals surface area contributed by atoms with Gasteiger partial charge in [-0.3, -0.25) is 0 Å². The highest BCUT2D eigenvalue weighted by molar-refractivity contribution is 7.99. The van der Waals surface area contributed by atoms with E-state index in [1.54, 1.807) is 0 Å². The molecule has 0 amide bonds. The zero-order valence-electron chi connectivity index (χ0n) is 11.8. The summed E-state index contributed by atoms with van der Waals surface area (Å²) < 4.78 is 0. The van der Waals surface area contributed by atoms with E-state index in [1.807, 2.05) is 11.8 Å². The number of aryl methyl sites for hydroxylation is 2. The van der Waals surface area contributed by atoms with Crippen molar-refractivity contribution in [1.82, 2.24) is 5.32 Å². The Morgan fingerprint density at radius 2 is 1.82 bits per heavy atom. The van der Waals surface area contributed by atoms with Crippen LogP contribution >= 0.6 is 11.8 Å². The van der Waals surface area contributed by atoms with Crippen molar-refractivity contribution in [3.8, 4) is 0 Å². The summed E-state index contributed by atoms with van der Waals surface area (Å²) >= 11 is 1.95. The first-order chi connectivity index (χ1) is 7.88. The maximum absolute atomic E-state index is 3.52. The predicted molar refractivity (Wildman–Crippen MR) is 79.0 cm³/mol. The van der Waals surface area contributed by atoms with Crippen LogP contribution in [-0.4, -0.2) is 17.8 Å². The van der Waals surface area contributed by atoms with Crippen LogP contribution in [0.4, 0.5) is 0 Å². The Morgan fingerprint density at radius 3 is 2.41 bits per heavy atom. The molecule has 0 heterocycles. The van der Waals surface area contributed by atoms with Gasteiger partial charge in [-0.25, -0.2) is 0 Å². The number of rotatable bonds is 5. The van der Waals surface area contributed by atoms with E-state index in [0.717, 1.165) is 6.54 Å². The third kappa shape index (κ3) is 6.13. The van der Waals surface area contributed by atoms with Crippen molar-refractivity contribution < 1.29 is 0 Å². The molecule has 1 rings (SSSR count). The molecule has 1 N–H and O–H groups in total. The molecule has 0 bridgehead atoms. The molecular weight excluding hydrogens is 226 g/mol. The van der Waals surface area contributed by atoms with Gasteiger partial charge in [-0.2, -0.15) is 0 Å². The summed E-state index contributed by atoms with van der Waals surface area (Å²) in [7, 11) is 0. The Balaban J connectivity index is 2.25. The Kier molecular flexibility index (Phi) is 5.54. The highest BCUT2D eigenvalue weighted by Gasteiger charge is 2.07. The maximum atomic E-state index is 3.52. The third-order valence-electron chi connectivity index (χ3n) is 2.72. The van der Waals surface area contributed by atoms with Crippen molar-refractivity contribution in [2.45, 2.75) is 51.5 Å². The van der Waals surface area contributed by atoms with Crippen LogP contribution in [-0.2, 0) is 0 Å². The van der Waals surface area contributed by atoms with E-state index in [0.29, 0.717) is 0 Å². The monoisotopic (exact) mass is 251 g/mol. The van der Waals surface area contributed by atoms with E-state index < -0.39 is 0 Å². The molecule has 0 atom stereocenters. The lowest BCUT2D eigenvalue weighted by Gasteiger charge is -2.20. The van der Waals surface area contributed by atoms with E-state index in [4.69, 9.17) is 0 Å². The van der Waals surface area contributed by atoms with E-state index in [1.165, 1.54) is 28.2 Å². The van der Waals surface area contributed by atoms with E-state index >= 15 is 0 Å². The first-order valence-corrected chi connectivity index (χ1v) is 7.32. The molecule has 0 fully saturated rings. The highest BCUT2D eigenvalue weighted by Crippen LogP contribution is 2.21. The highest BCUT2D eigenvalue weighted by atomic mass is 32.2. The van der Waals surface area contributed by atoms with Crippen molar-refractivity contribution in [3.63, 3.8) is 0 Å². The smallest absolute Gasteiger partial charge is 0.00965 e. The zero-order chi connectivity index (χ0) is 12.9. The van der Waals surface area contributed by atoms with Crippen LogP contribution in [0.2, 0.25) is 0 Å². The molecule has 17 heavy (non-hydrogen) atoms. The van der Waals surface area contributed by atoms with Gasteiger partial charge >= 0.3 is 0 Å². The minimum atomic E-state index is 0.241. The van der Waals surface area contributed by atoms with Crippen LogP contribution < -0.4 is 5.32 Å². The fraction of sp³-hybridized carbons (Fsp3) is 0.600. The molecule has 1 aromatic rings. The van der Waals surface area contributed by atoms with Gasteiger partial charge in [0.05, 0.1) is 0 Å². The third-order valence-corrected chi connectivity index (χ3v) is 3.80. The Bertz CT molecular complexity index is 352. The van der Waals surface area contributed by atoms with Crippen LogP contribution in [0.5, 0.6) is 0 Å². The van der Waals surface area contributed by atoms with Crippen LogP contribution in [0.15, 0.2) is 23.1 Å². The first-order valence-electron chi connectivity index (χ1n) is 6.33. The maximum Gasteiger partial charge on any atom is 0.00965 e. The van der Waals surface area contributed by atoms with E-state index in [2.05, 4.69) is 58.1 Å². The summed E-state index contributed by atoms with van der Waals surface area (Å²) in [6.45, 7) is 12.1. The predicted octanol–water partition coefficient (Wildman–Crippen LogP) is 4.17. The van der Waals surface area contributed by atoms with Gasteiger partial charge in [0.15, 0.2) is 0 Å². The molecule has 0 aliphatic rings. The number of hydrogen-bond acceptors (Lipinski definition) is 2. The van der Waals surface area contributed by atoms with Gasteiger partial charge in [0.2, 0.25) is 0 Å². The molecule has 0 spiro atoms. The molecule has 0 radical (unpaired) electrons. The summed E-state index contributed by atoms with van der Waals surface area (Å²) in [6.07, 6.45) is 1.22. The van der Waals surface area contributed by atoms with Crippen LogP contribution in [0.1, 0.15) is 38.3 Å². The fourth-order valence-electron chi connectivity index (χ4n) is 1.53. The first kappa shape index (κ1) is 14.6. The topological polar surface area (TPSA) is 12.0 Å². The molecule has 0 unspecified atom stereocenters. The largest absolute Gasteiger partial charge is 0.312 e. The minimum Gasteiger partial charge on any atom is -0.312 e. The van der Waals surface area contributed by atoms with Gasteiger partial charge in [0, 0.05) is 10.4 Å². The molecular formula is C15H25NS. The minimum absolute atomic E-state index is 0.241. The average molecular weight is 251 g/mol. The molecule has 0 aromatic heterocycles. The Morgan fingerprint density at radius 1 is 1.12 bits per heavy atom. The van der Waals surface area contributed by atoms with E-state index in [9.17, 15) is 0 Å². The SMILES string of the molecule is Cc1ccc(SCCCNC(C)(C)C)cc1C. The summed E-state index contributed by atoms with van der Waals surface area (Å²) in [5.41, 5.74) is 3.01. The van der Waals surface area contributed by atoms with Crippen molar-refractivity contribution >= 4 is 11.8 Å². The summed E-state index contributed by atoms with van der Waals surface area (Å²) in [5, 5.41) is 3.52. The van der Waals surface area contributed by atoms with Crippen LogP contribution in [0.25, 0.3) is 0 Å². The molecule has 0 saturated carbocycles. The van der Waals surface area contributed by atoms with Gasteiger partial charge in [-0.15, -0.1) is 11.8 Å². The Hall–Kier alpha value is -0.470. The lowest BCUT2D eigenvalue weighted by Crippen LogP contribution is -2.36. The molecule has 0 aliphatic carbocycles. The standard InChI is InChI=1S/C15H25NS/c1-12-7-8-14(11-13(12)2)17-10-6-9-16-15(3,4)5/h7-8,11,16H,6,9-10H2,1-5H3. The summed E-state index contributed by atoms with van der Waals surface area (Å²) in [6, 6.07) is 6.73. The molecule has 96 valence electrons. The quantitative estimate of drug-likeness (QED) is 0.622. The van der Waals surface area contributed by atoms with Crippen LogP contribution in [0, 0.1) is 13.8 Å². The average Bonchev–Trinajstić information content (AvgIpc) is 2.21. The van der Waals surface area contributed by atoms with Crippen molar-refractivity contribution in [2.75, 3.05) is 12.3 Å². The van der Waals surface area contributed by atoms with Gasteiger partial charge < -0.3 is 5.32 Å². The Labute approximate surface area is 110 Å². The van der Waals surface area contributed by atoms with E-state index in [-0.39, 0.29) is 5.54 Å². The number of nitrogens with one attached hydrogen (secondary N) is 1. The second kappa shape index (κ2) is 6.46. The van der Waals surface area contributed by atoms with Crippen molar-refractivity contribution in [1.29, 1.82) is 0 Å². The van der Waals surface area contributed by atoms with Crippen molar-refractivity contribution in [2.24, 2.45) is 0 Å². The van der Waals surface area contributed by atoms with Crippen LogP contribution in [0.3, 0.4) is 0 Å². The van der Waals surface area contributed by atoms with Gasteiger partial charge in [-0.1, -0.05) is 6.07 Å². The molecule has 2 heteroatoms. The fourth-order valence-corrected chi connectivity index (χ4v) is 2.48. The normalized spacial score (nSPS) is 11.8. The number of benzene rings is 1. The number of thioether (sulfide) groups is 1. The molecule has 0 aliphatic heterocycles. The van der Waals surface area contributed by atoms with Gasteiger partial charge in [0.1, 0.15) is 0 Å². The second-order valence-electron chi connectivity index (χ2n) is 5.62. The number of hydrogen-bond donors (Lipinski definition) is 1. The zero-order valence-corrected chi connectivity index (χ0v) is 12.6. The summed E-state index contributed by atoms with van der Waals surface area (Å²) in [4.78, 5) is 1.39. The van der Waals surface area contributed by atoms with Gasteiger partial charge in [0.25, 0.3) is 0 Å². The molecule has 1 nitrogen and oxygen atoms in total. The second-order valence-corrected chi connectivity index (χ2v) is 6.79. The summed E-state index contributed by atoms with van der Waals surface area (Å²) in [5.74, 6) is 1.19. The lowest BCUT2D eigenvalue weighted by molar-refractivity contribution is 0.427. The van der Waals surface area contributed by atoms with Crippen molar-refractivity contribution in [3.05, 3.63) is 29.3 Å². The molecule has 1 aromatic carbocycles. The molecule has 0 saturated heterocycles.